The predicted octanol–water partition coefficient (Wildman–Crippen LogP) is 3.27. The monoisotopic (exact) mass is 425 g/mol. The van der Waals surface area contributed by atoms with Gasteiger partial charge in [0.15, 0.2) is 5.78 Å². The molecule has 1 saturated heterocycles. The minimum atomic E-state index is -0.405. The highest BCUT2D eigenvalue weighted by Gasteiger charge is 2.33. The lowest BCUT2D eigenvalue weighted by Gasteiger charge is -2.34. The molecule has 0 spiro atoms. The third-order valence-corrected chi connectivity index (χ3v) is 6.14. The van der Waals surface area contributed by atoms with Crippen LogP contribution in [0, 0.1) is 6.92 Å². The molecule has 30 heavy (non-hydrogen) atoms. The van der Waals surface area contributed by atoms with Gasteiger partial charge in [0.1, 0.15) is 11.4 Å². The first-order valence-electron chi connectivity index (χ1n) is 9.95. The molecule has 1 aliphatic heterocycles. The van der Waals surface area contributed by atoms with Crippen molar-refractivity contribution < 1.29 is 14.3 Å². The molecule has 0 amide bonds. The standard InChI is InChI=1S/C23H24ClN3O3/c1-14-4-7-17-21(25-14)23(29)20(24)18(22(17)28)12-15-5-6-16(13-19(15)30-3)27-10-8-26(2)9-11-27/h4-7,13H,8-12H2,1-3H3. The van der Waals surface area contributed by atoms with E-state index in [1.807, 2.05) is 18.2 Å². The molecule has 0 radical (unpaired) electrons. The van der Waals surface area contributed by atoms with Crippen LogP contribution in [0.15, 0.2) is 40.9 Å². The second-order valence-electron chi connectivity index (χ2n) is 7.76. The predicted molar refractivity (Wildman–Crippen MR) is 117 cm³/mol. The number of methoxy groups -OCH3 is 1. The molecule has 6 nitrogen and oxygen atoms in total. The molecule has 2 aromatic rings. The molecule has 2 heterocycles. The Morgan fingerprint density at radius 1 is 1.07 bits per heavy atom. The molecule has 1 fully saturated rings. The first kappa shape index (κ1) is 20.6. The first-order chi connectivity index (χ1) is 14.4. The zero-order chi connectivity index (χ0) is 21.4. The van der Waals surface area contributed by atoms with Crippen LogP contribution in [-0.2, 0) is 6.42 Å². The van der Waals surface area contributed by atoms with Gasteiger partial charge in [-0.05, 0) is 37.7 Å². The number of halogens is 1. The normalized spacial score (nSPS) is 17.4. The zero-order valence-electron chi connectivity index (χ0n) is 17.4. The number of fused-ring (bicyclic) bond motifs is 1. The number of nitrogens with zero attached hydrogens (tertiary/aromatic N) is 3. The average Bonchev–Trinajstić information content (AvgIpc) is 2.75. The maximum absolute atomic E-state index is 13.0. The van der Waals surface area contributed by atoms with Crippen molar-refractivity contribution in [1.29, 1.82) is 0 Å². The molecule has 1 aromatic heterocycles. The Morgan fingerprint density at radius 3 is 2.50 bits per heavy atom. The molecule has 4 rings (SSSR count). The maximum atomic E-state index is 13.0. The number of anilines is 1. The fraction of sp³-hybridized carbons (Fsp3) is 0.348. The van der Waals surface area contributed by atoms with Crippen LogP contribution in [0.2, 0.25) is 0 Å². The second-order valence-corrected chi connectivity index (χ2v) is 8.14. The zero-order valence-corrected chi connectivity index (χ0v) is 18.1. The molecule has 0 bridgehead atoms. The summed E-state index contributed by atoms with van der Waals surface area (Å²) in [4.78, 5) is 34.6. The van der Waals surface area contributed by atoms with Crippen molar-refractivity contribution in [2.45, 2.75) is 13.3 Å². The number of Topliss-reactive ketones (excluding diaryl/α,β-unsaturated/α-hetero) is 2. The van der Waals surface area contributed by atoms with Gasteiger partial charge >= 0.3 is 0 Å². The van der Waals surface area contributed by atoms with Crippen molar-refractivity contribution in [3.8, 4) is 5.75 Å². The van der Waals surface area contributed by atoms with E-state index in [2.05, 4.69) is 21.8 Å². The highest BCUT2D eigenvalue weighted by atomic mass is 35.5. The summed E-state index contributed by atoms with van der Waals surface area (Å²) in [5.41, 5.74) is 3.28. The summed E-state index contributed by atoms with van der Waals surface area (Å²) in [6.07, 6.45) is 0.225. The number of aromatic nitrogens is 1. The SMILES string of the molecule is COc1cc(N2CCN(C)CC2)ccc1CC1=C(Cl)C(=O)c2nc(C)ccc2C1=O. The van der Waals surface area contributed by atoms with E-state index in [9.17, 15) is 9.59 Å². The highest BCUT2D eigenvalue weighted by Crippen LogP contribution is 2.33. The number of pyridine rings is 1. The van der Waals surface area contributed by atoms with Crippen molar-refractivity contribution in [2.75, 3.05) is 45.2 Å². The van der Waals surface area contributed by atoms with Gasteiger partial charge in [-0.2, -0.15) is 0 Å². The van der Waals surface area contributed by atoms with Crippen LogP contribution in [0.3, 0.4) is 0 Å². The van der Waals surface area contributed by atoms with E-state index in [4.69, 9.17) is 16.3 Å². The summed E-state index contributed by atoms with van der Waals surface area (Å²) in [6, 6.07) is 9.35. The summed E-state index contributed by atoms with van der Waals surface area (Å²) in [5, 5.41) is -0.0594. The third kappa shape index (κ3) is 3.73. The van der Waals surface area contributed by atoms with Crippen molar-refractivity contribution in [1.82, 2.24) is 9.88 Å². The van der Waals surface area contributed by atoms with Gasteiger partial charge in [-0.15, -0.1) is 0 Å². The van der Waals surface area contributed by atoms with Gasteiger partial charge in [0.05, 0.1) is 17.7 Å². The Hall–Kier alpha value is -2.70. The van der Waals surface area contributed by atoms with Crippen LogP contribution in [-0.4, -0.2) is 61.8 Å². The van der Waals surface area contributed by atoms with Crippen LogP contribution in [0.25, 0.3) is 0 Å². The number of likely N-dealkylation sites (N-methyl/N-ethyl adjacent to an activating group) is 1. The van der Waals surface area contributed by atoms with Gasteiger partial charge < -0.3 is 14.5 Å². The number of aryl methyl sites for hydroxylation is 1. The van der Waals surface area contributed by atoms with Gasteiger partial charge in [-0.1, -0.05) is 17.7 Å². The number of ether oxygens (including phenoxy) is 1. The lowest BCUT2D eigenvalue weighted by atomic mass is 9.88. The number of carbonyl (C=O) groups excluding carboxylic acids is 2. The van der Waals surface area contributed by atoms with Crippen LogP contribution >= 0.6 is 11.6 Å². The number of hydrogen-bond donors (Lipinski definition) is 0. The number of ketones is 2. The van der Waals surface area contributed by atoms with Crippen molar-refractivity contribution in [3.63, 3.8) is 0 Å². The summed E-state index contributed by atoms with van der Waals surface area (Å²) in [7, 11) is 3.73. The molecular formula is C23H24ClN3O3. The Balaban J connectivity index is 1.64. The molecule has 1 aliphatic carbocycles. The average molecular weight is 426 g/mol. The highest BCUT2D eigenvalue weighted by molar-refractivity contribution is 6.49. The molecule has 0 saturated carbocycles. The Kier molecular flexibility index (Phi) is 5.62. The van der Waals surface area contributed by atoms with E-state index in [0.29, 0.717) is 17.0 Å². The van der Waals surface area contributed by atoms with Gasteiger partial charge in [-0.3, -0.25) is 9.59 Å². The number of piperazine rings is 1. The Bertz CT molecular complexity index is 1060. The molecule has 0 N–H and O–H groups in total. The van der Waals surface area contributed by atoms with Crippen molar-refractivity contribution in [3.05, 3.63) is 63.5 Å². The van der Waals surface area contributed by atoms with Crippen LogP contribution in [0.4, 0.5) is 5.69 Å². The van der Waals surface area contributed by atoms with E-state index in [0.717, 1.165) is 37.4 Å². The Labute approximate surface area is 181 Å². The van der Waals surface area contributed by atoms with Gasteiger partial charge in [0.2, 0.25) is 5.78 Å². The molecule has 156 valence electrons. The van der Waals surface area contributed by atoms with Crippen LogP contribution < -0.4 is 9.64 Å². The lowest BCUT2D eigenvalue weighted by Crippen LogP contribution is -2.44. The number of hydrogen-bond acceptors (Lipinski definition) is 6. The van der Waals surface area contributed by atoms with Crippen LogP contribution in [0.1, 0.15) is 32.1 Å². The van der Waals surface area contributed by atoms with Crippen molar-refractivity contribution >= 4 is 28.9 Å². The van der Waals surface area contributed by atoms with E-state index in [-0.39, 0.29) is 28.5 Å². The minimum absolute atomic E-state index is 0.0594. The van der Waals surface area contributed by atoms with Gasteiger partial charge in [-0.25, -0.2) is 4.98 Å². The van der Waals surface area contributed by atoms with Gasteiger partial charge in [0.25, 0.3) is 0 Å². The molecule has 0 atom stereocenters. The molecule has 0 unspecified atom stereocenters. The minimum Gasteiger partial charge on any atom is -0.496 e. The van der Waals surface area contributed by atoms with E-state index < -0.39 is 5.78 Å². The van der Waals surface area contributed by atoms with E-state index in [1.54, 1.807) is 26.2 Å². The summed E-state index contributed by atoms with van der Waals surface area (Å²) in [5.74, 6) is 0.0155. The van der Waals surface area contributed by atoms with Crippen molar-refractivity contribution in [2.24, 2.45) is 0 Å². The molecular weight excluding hydrogens is 402 g/mol. The lowest BCUT2D eigenvalue weighted by molar-refractivity contribution is 0.0975. The van der Waals surface area contributed by atoms with E-state index in [1.165, 1.54) is 0 Å². The third-order valence-electron chi connectivity index (χ3n) is 5.74. The topological polar surface area (TPSA) is 62.7 Å². The number of carbonyl (C=O) groups is 2. The fourth-order valence-electron chi connectivity index (χ4n) is 3.91. The summed E-state index contributed by atoms with van der Waals surface area (Å²) < 4.78 is 5.61. The maximum Gasteiger partial charge on any atom is 0.223 e. The second kappa shape index (κ2) is 8.20. The number of allylic oxidation sites excluding steroid dienone is 2. The molecule has 1 aromatic carbocycles. The molecule has 7 heteroatoms. The smallest absolute Gasteiger partial charge is 0.223 e. The first-order valence-corrected chi connectivity index (χ1v) is 10.3. The van der Waals surface area contributed by atoms with E-state index >= 15 is 0 Å². The quantitative estimate of drug-likeness (QED) is 0.749. The Morgan fingerprint density at radius 2 is 1.80 bits per heavy atom. The van der Waals surface area contributed by atoms with Crippen LogP contribution in [0.5, 0.6) is 5.75 Å². The number of benzene rings is 1. The number of rotatable bonds is 4. The van der Waals surface area contributed by atoms with Gasteiger partial charge in [0, 0.05) is 55.6 Å². The fourth-order valence-corrected chi connectivity index (χ4v) is 4.15. The summed E-state index contributed by atoms with van der Waals surface area (Å²) >= 11 is 6.34. The largest absolute Gasteiger partial charge is 0.496 e. The molecule has 2 aliphatic rings. The summed E-state index contributed by atoms with van der Waals surface area (Å²) in [6.45, 7) is 5.70.